The highest BCUT2D eigenvalue weighted by atomic mass is 32.1. The number of nitro benzene ring substituents is 1. The summed E-state index contributed by atoms with van der Waals surface area (Å²) < 4.78 is 5.12. The molecule has 0 aliphatic heterocycles. The first-order valence-electron chi connectivity index (χ1n) is 6.58. The zero-order valence-corrected chi connectivity index (χ0v) is 12.9. The highest BCUT2D eigenvalue weighted by Crippen LogP contribution is 2.32. The largest absolute Gasteiger partial charge is 0.497 e. The quantitative estimate of drug-likeness (QED) is 0.649. The van der Waals surface area contributed by atoms with Crippen LogP contribution in [-0.2, 0) is 6.42 Å². The van der Waals surface area contributed by atoms with Crippen molar-refractivity contribution in [1.29, 1.82) is 0 Å². The fourth-order valence-electron chi connectivity index (χ4n) is 1.90. The number of nitrogens with one attached hydrogen (secondary N) is 1. The molecule has 2 rings (SSSR count). The predicted octanol–water partition coefficient (Wildman–Crippen LogP) is 3.80. The smallest absolute Gasteiger partial charge is 0.292 e. The summed E-state index contributed by atoms with van der Waals surface area (Å²) in [5, 5.41) is 15.2. The van der Waals surface area contributed by atoms with Gasteiger partial charge in [0.05, 0.1) is 18.1 Å². The van der Waals surface area contributed by atoms with E-state index in [1.54, 1.807) is 23.5 Å². The Labute approximate surface area is 126 Å². The fraction of sp³-hybridized carbons (Fsp3) is 0.357. The molecule has 0 amide bonds. The van der Waals surface area contributed by atoms with Crippen molar-refractivity contribution in [2.75, 3.05) is 12.4 Å². The number of hydrogen-bond donors (Lipinski definition) is 1. The number of nitro groups is 1. The lowest BCUT2D eigenvalue weighted by molar-refractivity contribution is -0.384. The van der Waals surface area contributed by atoms with Gasteiger partial charge in [0.25, 0.3) is 5.69 Å². The van der Waals surface area contributed by atoms with E-state index in [2.05, 4.69) is 17.2 Å². The molecule has 0 fully saturated rings. The van der Waals surface area contributed by atoms with Gasteiger partial charge < -0.3 is 10.1 Å². The number of rotatable bonds is 6. The Morgan fingerprint density at radius 1 is 1.52 bits per heavy atom. The van der Waals surface area contributed by atoms with Crippen LogP contribution in [-0.4, -0.2) is 17.0 Å². The second kappa shape index (κ2) is 6.53. The van der Waals surface area contributed by atoms with Crippen molar-refractivity contribution < 1.29 is 9.66 Å². The van der Waals surface area contributed by atoms with Gasteiger partial charge >= 0.3 is 0 Å². The Morgan fingerprint density at radius 3 is 2.86 bits per heavy atom. The van der Waals surface area contributed by atoms with E-state index in [0.29, 0.717) is 11.4 Å². The SMILES string of the molecule is CCc1cnc(C(C)Nc2cc(OC)ccc2[N+](=O)[O-])s1. The molecule has 0 spiro atoms. The third kappa shape index (κ3) is 3.49. The minimum Gasteiger partial charge on any atom is -0.497 e. The topological polar surface area (TPSA) is 77.3 Å². The molecule has 2 aromatic rings. The molecule has 0 aliphatic rings. The lowest BCUT2D eigenvalue weighted by atomic mass is 10.2. The summed E-state index contributed by atoms with van der Waals surface area (Å²) >= 11 is 1.61. The molecular formula is C14H17N3O3S. The summed E-state index contributed by atoms with van der Waals surface area (Å²) in [6.45, 7) is 4.00. The van der Waals surface area contributed by atoms with Crippen LogP contribution in [0.4, 0.5) is 11.4 Å². The van der Waals surface area contributed by atoms with Gasteiger partial charge in [-0.3, -0.25) is 10.1 Å². The molecule has 0 bridgehead atoms. The maximum absolute atomic E-state index is 11.1. The second-order valence-corrected chi connectivity index (χ2v) is 5.67. The van der Waals surface area contributed by atoms with Crippen molar-refractivity contribution in [2.45, 2.75) is 26.3 Å². The van der Waals surface area contributed by atoms with E-state index in [4.69, 9.17) is 4.74 Å². The Balaban J connectivity index is 2.26. The molecule has 1 unspecified atom stereocenters. The van der Waals surface area contributed by atoms with Crippen molar-refractivity contribution in [3.05, 3.63) is 44.4 Å². The Hall–Kier alpha value is -2.15. The van der Waals surface area contributed by atoms with Crippen LogP contribution in [0.25, 0.3) is 0 Å². The lowest BCUT2D eigenvalue weighted by Gasteiger charge is -2.13. The summed E-state index contributed by atoms with van der Waals surface area (Å²) in [6.07, 6.45) is 2.78. The molecule has 1 heterocycles. The van der Waals surface area contributed by atoms with Gasteiger partial charge in [-0.2, -0.15) is 0 Å². The molecule has 0 aliphatic carbocycles. The van der Waals surface area contributed by atoms with Crippen LogP contribution in [0.1, 0.15) is 29.8 Å². The molecule has 6 nitrogen and oxygen atoms in total. The van der Waals surface area contributed by atoms with Crippen molar-refractivity contribution in [1.82, 2.24) is 4.98 Å². The zero-order chi connectivity index (χ0) is 15.4. The summed E-state index contributed by atoms with van der Waals surface area (Å²) in [5.74, 6) is 0.573. The number of anilines is 1. The van der Waals surface area contributed by atoms with E-state index in [-0.39, 0.29) is 11.7 Å². The summed E-state index contributed by atoms with van der Waals surface area (Å²) in [4.78, 5) is 16.2. The lowest BCUT2D eigenvalue weighted by Crippen LogP contribution is -2.08. The third-order valence-corrected chi connectivity index (χ3v) is 4.39. The van der Waals surface area contributed by atoms with Gasteiger partial charge in [0.1, 0.15) is 16.4 Å². The third-order valence-electron chi connectivity index (χ3n) is 3.06. The molecule has 1 aromatic heterocycles. The number of ether oxygens (including phenoxy) is 1. The van der Waals surface area contributed by atoms with Gasteiger partial charge in [-0.25, -0.2) is 4.98 Å². The predicted molar refractivity (Wildman–Crippen MR) is 83.2 cm³/mol. The van der Waals surface area contributed by atoms with E-state index in [1.807, 2.05) is 13.1 Å². The average Bonchev–Trinajstić information content (AvgIpc) is 2.95. The molecule has 1 aromatic carbocycles. The molecule has 0 radical (unpaired) electrons. The van der Waals surface area contributed by atoms with Crippen LogP contribution >= 0.6 is 11.3 Å². The van der Waals surface area contributed by atoms with Crippen molar-refractivity contribution in [2.24, 2.45) is 0 Å². The highest BCUT2D eigenvalue weighted by molar-refractivity contribution is 7.11. The second-order valence-electron chi connectivity index (χ2n) is 4.52. The van der Waals surface area contributed by atoms with Gasteiger partial charge in [0, 0.05) is 23.2 Å². The molecule has 112 valence electrons. The molecule has 21 heavy (non-hydrogen) atoms. The number of aryl methyl sites for hydroxylation is 1. The first-order valence-corrected chi connectivity index (χ1v) is 7.40. The molecule has 0 saturated heterocycles. The monoisotopic (exact) mass is 307 g/mol. The summed E-state index contributed by atoms with van der Waals surface area (Å²) in [5.41, 5.74) is 0.454. The molecule has 1 atom stereocenters. The summed E-state index contributed by atoms with van der Waals surface area (Å²) in [6, 6.07) is 4.53. The van der Waals surface area contributed by atoms with Crippen molar-refractivity contribution in [3.8, 4) is 5.75 Å². The molecule has 0 saturated carbocycles. The van der Waals surface area contributed by atoms with E-state index < -0.39 is 4.92 Å². The van der Waals surface area contributed by atoms with Crippen molar-refractivity contribution in [3.63, 3.8) is 0 Å². The normalized spacial score (nSPS) is 12.0. The van der Waals surface area contributed by atoms with Gasteiger partial charge in [-0.15, -0.1) is 11.3 Å². The Bertz CT molecular complexity index is 642. The maximum atomic E-state index is 11.1. The number of hydrogen-bond acceptors (Lipinski definition) is 6. The Kier molecular flexibility index (Phi) is 4.74. The molecule has 1 N–H and O–H groups in total. The Morgan fingerprint density at radius 2 is 2.29 bits per heavy atom. The number of aromatic nitrogens is 1. The minimum atomic E-state index is -0.409. The minimum absolute atomic E-state index is 0.0231. The standard InChI is InChI=1S/C14H17N3O3S/c1-4-11-8-15-14(21-11)9(2)16-12-7-10(20-3)5-6-13(12)17(18)19/h5-9,16H,4H2,1-3H3. The van der Waals surface area contributed by atoms with E-state index in [0.717, 1.165) is 11.4 Å². The number of thiazole rings is 1. The average molecular weight is 307 g/mol. The van der Waals surface area contributed by atoms with E-state index >= 15 is 0 Å². The van der Waals surface area contributed by atoms with Gasteiger partial charge in [0.15, 0.2) is 0 Å². The van der Waals surface area contributed by atoms with Gasteiger partial charge in [-0.05, 0) is 19.4 Å². The van der Waals surface area contributed by atoms with Crippen LogP contribution in [0.3, 0.4) is 0 Å². The van der Waals surface area contributed by atoms with E-state index in [9.17, 15) is 10.1 Å². The molecular weight excluding hydrogens is 290 g/mol. The van der Waals surface area contributed by atoms with E-state index in [1.165, 1.54) is 18.1 Å². The van der Waals surface area contributed by atoms with Crippen LogP contribution in [0.2, 0.25) is 0 Å². The van der Waals surface area contributed by atoms with Gasteiger partial charge in [-0.1, -0.05) is 6.92 Å². The first kappa shape index (κ1) is 15.2. The number of methoxy groups -OCH3 is 1. The molecule has 7 heteroatoms. The van der Waals surface area contributed by atoms with Gasteiger partial charge in [0.2, 0.25) is 0 Å². The fourth-order valence-corrected chi connectivity index (χ4v) is 2.76. The first-order chi connectivity index (χ1) is 10.0. The van der Waals surface area contributed by atoms with Crippen LogP contribution < -0.4 is 10.1 Å². The summed E-state index contributed by atoms with van der Waals surface area (Å²) in [7, 11) is 1.53. The number of benzene rings is 1. The van der Waals surface area contributed by atoms with Crippen molar-refractivity contribution >= 4 is 22.7 Å². The van der Waals surface area contributed by atoms with Crippen LogP contribution in [0.5, 0.6) is 5.75 Å². The number of nitrogens with zero attached hydrogens (tertiary/aromatic N) is 2. The zero-order valence-electron chi connectivity index (χ0n) is 12.1. The highest BCUT2D eigenvalue weighted by Gasteiger charge is 2.18. The van der Waals surface area contributed by atoms with Crippen LogP contribution in [0, 0.1) is 10.1 Å². The maximum Gasteiger partial charge on any atom is 0.292 e. The van der Waals surface area contributed by atoms with Crippen LogP contribution in [0.15, 0.2) is 24.4 Å².